The summed E-state index contributed by atoms with van der Waals surface area (Å²) in [6.45, 7) is 11.6. The Hall–Kier alpha value is -1.00. The quantitative estimate of drug-likeness (QED) is 0.822. The van der Waals surface area contributed by atoms with Gasteiger partial charge in [-0.05, 0) is 52.1 Å². The third kappa shape index (κ3) is 3.74. The monoisotopic (exact) mass is 265 g/mol. The molecule has 0 fully saturated rings. The van der Waals surface area contributed by atoms with Gasteiger partial charge in [0.2, 0.25) is 0 Å². The number of hydrogen-bond acceptors (Lipinski definition) is 4. The first-order valence-electron chi connectivity index (χ1n) is 7.23. The minimum atomic E-state index is -0.441. The van der Waals surface area contributed by atoms with Crippen LogP contribution in [0.1, 0.15) is 57.4 Å². The lowest BCUT2D eigenvalue weighted by molar-refractivity contribution is -0.0211. The van der Waals surface area contributed by atoms with Gasteiger partial charge in [0.25, 0.3) is 0 Å². The van der Waals surface area contributed by atoms with Crippen LogP contribution in [-0.2, 0) is 29.6 Å². The van der Waals surface area contributed by atoms with Crippen molar-refractivity contribution in [2.75, 3.05) is 13.2 Å². The molecule has 1 aromatic heterocycles. The van der Waals surface area contributed by atoms with Crippen molar-refractivity contribution in [2.45, 2.75) is 59.5 Å². The second-order valence-corrected chi connectivity index (χ2v) is 5.11. The highest BCUT2D eigenvalue weighted by atomic mass is 16.5. The minimum absolute atomic E-state index is 0.441. The number of aromatic nitrogens is 2. The molecule has 19 heavy (non-hydrogen) atoms. The van der Waals surface area contributed by atoms with Crippen molar-refractivity contribution < 1.29 is 4.74 Å². The van der Waals surface area contributed by atoms with Gasteiger partial charge in [-0.1, -0.05) is 13.8 Å². The molecule has 1 heterocycles. The predicted molar refractivity (Wildman–Crippen MR) is 78.2 cm³/mol. The average Bonchev–Trinajstić information content (AvgIpc) is 2.38. The zero-order valence-corrected chi connectivity index (χ0v) is 12.9. The van der Waals surface area contributed by atoms with Crippen LogP contribution in [0.25, 0.3) is 0 Å². The highest BCUT2D eigenvalue weighted by Crippen LogP contribution is 2.24. The molecule has 4 heteroatoms. The number of hydrogen-bond donors (Lipinski definition) is 1. The number of ether oxygens (including phenoxy) is 1. The molecule has 0 amide bonds. The molecule has 0 aliphatic carbocycles. The molecule has 0 saturated heterocycles. The number of nitrogens with zero attached hydrogens (tertiary/aromatic N) is 2. The van der Waals surface area contributed by atoms with E-state index in [1.165, 1.54) is 5.56 Å². The lowest BCUT2D eigenvalue weighted by Crippen LogP contribution is -2.27. The van der Waals surface area contributed by atoms with Crippen LogP contribution in [0.3, 0.4) is 0 Å². The Morgan fingerprint density at radius 2 is 1.58 bits per heavy atom. The van der Waals surface area contributed by atoms with E-state index in [1.54, 1.807) is 0 Å². The van der Waals surface area contributed by atoms with Gasteiger partial charge in [-0.3, -0.25) is 0 Å². The molecule has 0 saturated carbocycles. The summed E-state index contributed by atoms with van der Waals surface area (Å²) in [7, 11) is 0. The van der Waals surface area contributed by atoms with Crippen LogP contribution in [0.5, 0.6) is 0 Å². The Labute approximate surface area is 116 Å². The molecule has 0 atom stereocenters. The molecule has 0 aliphatic rings. The zero-order valence-electron chi connectivity index (χ0n) is 12.9. The highest BCUT2D eigenvalue weighted by molar-refractivity contribution is 5.28. The maximum atomic E-state index is 5.76. The lowest BCUT2D eigenvalue weighted by atomic mass is 10.0. The molecule has 108 valence electrons. The Morgan fingerprint density at radius 1 is 1.05 bits per heavy atom. The molecule has 0 aliphatic heterocycles. The Kier molecular flexibility index (Phi) is 5.88. The fraction of sp³-hybridized carbons (Fsp3) is 0.733. The molecule has 0 aromatic carbocycles. The molecular weight excluding hydrogens is 238 g/mol. The van der Waals surface area contributed by atoms with Crippen molar-refractivity contribution in [3.8, 4) is 0 Å². The van der Waals surface area contributed by atoms with Gasteiger partial charge in [0.15, 0.2) is 5.82 Å². The van der Waals surface area contributed by atoms with E-state index in [-0.39, 0.29) is 0 Å². The molecule has 4 nitrogen and oxygen atoms in total. The summed E-state index contributed by atoms with van der Waals surface area (Å²) in [5, 5.41) is 0. The molecule has 1 rings (SSSR count). The van der Waals surface area contributed by atoms with Crippen LogP contribution in [0, 0.1) is 0 Å². The van der Waals surface area contributed by atoms with Crippen LogP contribution in [0.15, 0.2) is 0 Å². The van der Waals surface area contributed by atoms with Crippen LogP contribution in [0.4, 0.5) is 0 Å². The van der Waals surface area contributed by atoms with E-state index in [0.717, 1.165) is 36.5 Å². The number of rotatable bonds is 7. The van der Waals surface area contributed by atoms with Crippen LogP contribution in [0.2, 0.25) is 0 Å². The summed E-state index contributed by atoms with van der Waals surface area (Å²) in [6, 6.07) is 0. The first-order chi connectivity index (χ1) is 9.00. The molecule has 2 N–H and O–H groups in total. The molecular formula is C15H27N3O. The third-order valence-electron chi connectivity index (χ3n) is 3.29. The van der Waals surface area contributed by atoms with Crippen molar-refractivity contribution in [1.29, 1.82) is 0 Å². The SMILES string of the molecule is CCOC(C)(C)c1nc(CC)c(CCN)c(CC)n1. The summed E-state index contributed by atoms with van der Waals surface area (Å²) in [5.41, 5.74) is 8.71. The molecule has 0 bridgehead atoms. The van der Waals surface area contributed by atoms with Gasteiger partial charge in [-0.15, -0.1) is 0 Å². The number of nitrogens with two attached hydrogens (primary N) is 1. The van der Waals surface area contributed by atoms with Crippen molar-refractivity contribution in [1.82, 2.24) is 9.97 Å². The van der Waals surface area contributed by atoms with Gasteiger partial charge < -0.3 is 10.5 Å². The summed E-state index contributed by atoms with van der Waals surface area (Å²) in [6.07, 6.45) is 2.65. The second kappa shape index (κ2) is 6.96. The van der Waals surface area contributed by atoms with Crippen LogP contribution >= 0.6 is 0 Å². The third-order valence-corrected chi connectivity index (χ3v) is 3.29. The fourth-order valence-corrected chi connectivity index (χ4v) is 2.29. The smallest absolute Gasteiger partial charge is 0.160 e. The molecule has 0 radical (unpaired) electrons. The first kappa shape index (κ1) is 16.1. The fourth-order valence-electron chi connectivity index (χ4n) is 2.29. The van der Waals surface area contributed by atoms with Gasteiger partial charge in [0, 0.05) is 18.0 Å². The maximum Gasteiger partial charge on any atom is 0.160 e. The van der Waals surface area contributed by atoms with Gasteiger partial charge >= 0.3 is 0 Å². The normalized spacial score (nSPS) is 11.9. The average molecular weight is 265 g/mol. The molecule has 0 spiro atoms. The first-order valence-corrected chi connectivity index (χ1v) is 7.23. The van der Waals surface area contributed by atoms with Crippen LogP contribution < -0.4 is 5.73 Å². The Morgan fingerprint density at radius 3 is 1.95 bits per heavy atom. The summed E-state index contributed by atoms with van der Waals surface area (Å²) >= 11 is 0. The van der Waals surface area contributed by atoms with Crippen molar-refractivity contribution in [3.63, 3.8) is 0 Å². The van der Waals surface area contributed by atoms with E-state index in [2.05, 4.69) is 13.8 Å². The topological polar surface area (TPSA) is 61.0 Å². The molecule has 0 unspecified atom stereocenters. The Bertz CT molecular complexity index is 391. The lowest BCUT2D eigenvalue weighted by Gasteiger charge is -2.25. The van der Waals surface area contributed by atoms with Crippen molar-refractivity contribution in [2.24, 2.45) is 5.73 Å². The zero-order chi connectivity index (χ0) is 14.5. The maximum absolute atomic E-state index is 5.76. The predicted octanol–water partition coefficient (Wildman–Crippen LogP) is 2.37. The molecule has 1 aromatic rings. The number of aryl methyl sites for hydroxylation is 2. The van der Waals surface area contributed by atoms with Crippen LogP contribution in [-0.4, -0.2) is 23.1 Å². The van der Waals surface area contributed by atoms with E-state index < -0.39 is 5.60 Å². The van der Waals surface area contributed by atoms with Crippen molar-refractivity contribution in [3.05, 3.63) is 22.8 Å². The Balaban J connectivity index is 3.30. The van der Waals surface area contributed by atoms with E-state index in [9.17, 15) is 0 Å². The van der Waals surface area contributed by atoms with Crippen molar-refractivity contribution >= 4 is 0 Å². The summed E-state index contributed by atoms with van der Waals surface area (Å²) in [5.74, 6) is 0.781. The largest absolute Gasteiger partial charge is 0.368 e. The van der Waals surface area contributed by atoms with Gasteiger partial charge in [0.1, 0.15) is 5.60 Å². The standard InChI is InChI=1S/C15H27N3O/c1-6-12-11(9-10-16)13(7-2)18-14(17-12)15(4,5)19-8-3/h6-10,16H2,1-5H3. The van der Waals surface area contributed by atoms with Gasteiger partial charge in [0.05, 0.1) is 0 Å². The van der Waals surface area contributed by atoms with E-state index >= 15 is 0 Å². The second-order valence-electron chi connectivity index (χ2n) is 5.11. The minimum Gasteiger partial charge on any atom is -0.368 e. The summed E-state index contributed by atoms with van der Waals surface area (Å²) in [4.78, 5) is 9.43. The van der Waals surface area contributed by atoms with E-state index in [4.69, 9.17) is 20.4 Å². The van der Waals surface area contributed by atoms with E-state index in [0.29, 0.717) is 13.2 Å². The van der Waals surface area contributed by atoms with Gasteiger partial charge in [-0.25, -0.2) is 9.97 Å². The van der Waals surface area contributed by atoms with Gasteiger partial charge in [-0.2, -0.15) is 0 Å². The summed E-state index contributed by atoms with van der Waals surface area (Å²) < 4.78 is 5.76. The van der Waals surface area contributed by atoms with E-state index in [1.807, 2.05) is 20.8 Å². The highest BCUT2D eigenvalue weighted by Gasteiger charge is 2.26.